The van der Waals surface area contributed by atoms with Gasteiger partial charge in [-0.2, -0.15) is 5.10 Å². The maximum Gasteiger partial charge on any atom is 0.131 e. The molecule has 0 aliphatic rings. The molecule has 0 N–H and O–H groups in total. The van der Waals surface area contributed by atoms with E-state index in [2.05, 4.69) is 48.2 Å². The highest BCUT2D eigenvalue weighted by Gasteiger charge is 2.16. The van der Waals surface area contributed by atoms with Gasteiger partial charge in [-0.15, -0.1) is 11.6 Å². The minimum absolute atomic E-state index is 0.493. The molecule has 0 atom stereocenters. The normalized spacial score (nSPS) is 10.8. The van der Waals surface area contributed by atoms with Crippen LogP contribution in [0.25, 0.3) is 0 Å². The van der Waals surface area contributed by atoms with Crippen molar-refractivity contribution in [3.63, 3.8) is 0 Å². The fraction of sp³-hybridized carbons (Fsp3) is 0.400. The molecule has 0 bridgehead atoms. The first-order chi connectivity index (χ1) is 9.02. The molecule has 1 aromatic carbocycles. The lowest BCUT2D eigenvalue weighted by molar-refractivity contribution is 0.726. The molecule has 2 aromatic rings. The van der Waals surface area contributed by atoms with Gasteiger partial charge in [0.1, 0.15) is 5.82 Å². The van der Waals surface area contributed by atoms with Gasteiger partial charge in [-0.3, -0.25) is 4.68 Å². The highest BCUT2D eigenvalue weighted by Crippen LogP contribution is 2.25. The van der Waals surface area contributed by atoms with Crippen molar-refractivity contribution in [1.82, 2.24) is 9.78 Å². The standard InChI is InChI=1S/C15H20ClN3/c1-11-5-7-13(8-6-11)10-18(3)15-14(9-16)12(2)17-19(15)4/h5-8H,9-10H2,1-4H3. The summed E-state index contributed by atoms with van der Waals surface area (Å²) in [6.45, 7) is 4.95. The highest BCUT2D eigenvalue weighted by molar-refractivity contribution is 6.17. The summed E-state index contributed by atoms with van der Waals surface area (Å²) < 4.78 is 1.90. The van der Waals surface area contributed by atoms with Gasteiger partial charge in [0.2, 0.25) is 0 Å². The van der Waals surface area contributed by atoms with Crippen LogP contribution in [0, 0.1) is 13.8 Å². The molecule has 3 nitrogen and oxygen atoms in total. The number of nitrogens with zero attached hydrogens (tertiary/aromatic N) is 3. The summed E-state index contributed by atoms with van der Waals surface area (Å²) >= 11 is 6.04. The molecule has 0 amide bonds. The number of halogens is 1. The molecule has 4 heteroatoms. The van der Waals surface area contributed by atoms with Crippen molar-refractivity contribution >= 4 is 17.4 Å². The average molecular weight is 278 g/mol. The average Bonchev–Trinajstić information content (AvgIpc) is 2.66. The lowest BCUT2D eigenvalue weighted by Gasteiger charge is -2.21. The number of aromatic nitrogens is 2. The fourth-order valence-electron chi connectivity index (χ4n) is 2.37. The van der Waals surface area contributed by atoms with Crippen LogP contribution in [-0.2, 0) is 19.5 Å². The molecule has 0 fully saturated rings. The van der Waals surface area contributed by atoms with E-state index in [1.807, 2.05) is 18.7 Å². The molecular formula is C15H20ClN3. The van der Waals surface area contributed by atoms with Gasteiger partial charge in [0.15, 0.2) is 0 Å². The Labute approximate surface area is 119 Å². The van der Waals surface area contributed by atoms with E-state index in [0.717, 1.165) is 23.6 Å². The fourth-order valence-corrected chi connectivity index (χ4v) is 2.68. The third kappa shape index (κ3) is 2.92. The molecule has 0 aliphatic carbocycles. The Morgan fingerprint density at radius 2 is 1.84 bits per heavy atom. The molecule has 19 heavy (non-hydrogen) atoms. The molecule has 0 radical (unpaired) electrons. The van der Waals surface area contributed by atoms with Crippen molar-refractivity contribution in [2.45, 2.75) is 26.3 Å². The van der Waals surface area contributed by atoms with Gasteiger partial charge >= 0.3 is 0 Å². The second-order valence-corrected chi connectivity index (χ2v) is 5.25. The number of alkyl halides is 1. The SMILES string of the molecule is Cc1ccc(CN(C)c2c(CCl)c(C)nn2C)cc1. The first-order valence-corrected chi connectivity index (χ1v) is 6.91. The number of benzene rings is 1. The van der Waals surface area contributed by atoms with Crippen LogP contribution in [-0.4, -0.2) is 16.8 Å². The molecule has 1 heterocycles. The van der Waals surface area contributed by atoms with Crippen LogP contribution >= 0.6 is 11.6 Å². The maximum atomic E-state index is 6.04. The van der Waals surface area contributed by atoms with Gasteiger partial charge < -0.3 is 4.90 Å². The van der Waals surface area contributed by atoms with Crippen molar-refractivity contribution in [1.29, 1.82) is 0 Å². The van der Waals surface area contributed by atoms with Crippen molar-refractivity contribution in [3.05, 3.63) is 46.6 Å². The predicted molar refractivity (Wildman–Crippen MR) is 80.8 cm³/mol. The van der Waals surface area contributed by atoms with E-state index in [4.69, 9.17) is 11.6 Å². The Balaban J connectivity index is 2.24. The van der Waals surface area contributed by atoms with Crippen molar-refractivity contribution in [2.75, 3.05) is 11.9 Å². The Morgan fingerprint density at radius 3 is 2.42 bits per heavy atom. The molecule has 2 rings (SSSR count). The summed E-state index contributed by atoms with van der Waals surface area (Å²) in [5, 5.41) is 4.45. The number of anilines is 1. The molecule has 0 saturated heterocycles. The van der Waals surface area contributed by atoms with E-state index in [1.54, 1.807) is 0 Å². The van der Waals surface area contributed by atoms with Crippen molar-refractivity contribution in [2.24, 2.45) is 7.05 Å². The van der Waals surface area contributed by atoms with Gasteiger partial charge in [-0.1, -0.05) is 29.8 Å². The number of aryl methyl sites for hydroxylation is 3. The summed E-state index contributed by atoms with van der Waals surface area (Å²) in [5.74, 6) is 1.58. The molecule has 0 aliphatic heterocycles. The van der Waals surface area contributed by atoms with E-state index < -0.39 is 0 Å². The summed E-state index contributed by atoms with van der Waals surface area (Å²) in [4.78, 5) is 2.20. The van der Waals surface area contributed by atoms with Crippen LogP contribution in [0.1, 0.15) is 22.4 Å². The minimum Gasteiger partial charge on any atom is -0.355 e. The van der Waals surface area contributed by atoms with Gasteiger partial charge in [0, 0.05) is 26.2 Å². The summed E-state index contributed by atoms with van der Waals surface area (Å²) in [6.07, 6.45) is 0. The van der Waals surface area contributed by atoms with E-state index in [9.17, 15) is 0 Å². The number of hydrogen-bond donors (Lipinski definition) is 0. The van der Waals surface area contributed by atoms with Crippen LogP contribution in [0.5, 0.6) is 0 Å². The van der Waals surface area contributed by atoms with Crippen LogP contribution in [0.4, 0.5) is 5.82 Å². The predicted octanol–water partition coefficient (Wildman–Crippen LogP) is 3.41. The monoisotopic (exact) mass is 277 g/mol. The lowest BCUT2D eigenvalue weighted by atomic mass is 10.1. The number of rotatable bonds is 4. The summed E-state index contributed by atoms with van der Waals surface area (Å²) in [6, 6.07) is 8.60. The van der Waals surface area contributed by atoms with E-state index in [0.29, 0.717) is 5.88 Å². The zero-order chi connectivity index (χ0) is 14.0. The Hall–Kier alpha value is -1.48. The van der Waals surface area contributed by atoms with Gasteiger partial charge in [0.05, 0.1) is 11.6 Å². The van der Waals surface area contributed by atoms with Crippen LogP contribution < -0.4 is 4.90 Å². The molecule has 102 valence electrons. The van der Waals surface area contributed by atoms with Gasteiger partial charge in [-0.25, -0.2) is 0 Å². The van der Waals surface area contributed by atoms with E-state index in [-0.39, 0.29) is 0 Å². The largest absolute Gasteiger partial charge is 0.355 e. The smallest absolute Gasteiger partial charge is 0.131 e. The van der Waals surface area contributed by atoms with Crippen LogP contribution in [0.15, 0.2) is 24.3 Å². The molecule has 0 saturated carbocycles. The second-order valence-electron chi connectivity index (χ2n) is 4.99. The Bertz CT molecular complexity index is 558. The highest BCUT2D eigenvalue weighted by atomic mass is 35.5. The van der Waals surface area contributed by atoms with Gasteiger partial charge in [0.25, 0.3) is 0 Å². The third-order valence-electron chi connectivity index (χ3n) is 3.35. The third-order valence-corrected chi connectivity index (χ3v) is 3.62. The lowest BCUT2D eigenvalue weighted by Crippen LogP contribution is -2.20. The first kappa shape index (κ1) is 13.9. The zero-order valence-electron chi connectivity index (χ0n) is 11.9. The van der Waals surface area contributed by atoms with E-state index >= 15 is 0 Å². The summed E-state index contributed by atoms with van der Waals surface area (Å²) in [5.41, 5.74) is 4.68. The Kier molecular flexibility index (Phi) is 4.15. The molecule has 0 spiro atoms. The summed E-state index contributed by atoms with van der Waals surface area (Å²) in [7, 11) is 4.04. The van der Waals surface area contributed by atoms with Crippen molar-refractivity contribution in [3.8, 4) is 0 Å². The topological polar surface area (TPSA) is 21.1 Å². The van der Waals surface area contributed by atoms with Crippen molar-refractivity contribution < 1.29 is 0 Å². The second kappa shape index (κ2) is 5.66. The molecule has 0 unspecified atom stereocenters. The quantitative estimate of drug-likeness (QED) is 0.799. The zero-order valence-corrected chi connectivity index (χ0v) is 12.7. The first-order valence-electron chi connectivity index (χ1n) is 6.38. The minimum atomic E-state index is 0.493. The van der Waals surface area contributed by atoms with Crippen LogP contribution in [0.2, 0.25) is 0 Å². The van der Waals surface area contributed by atoms with E-state index in [1.165, 1.54) is 11.1 Å². The number of hydrogen-bond acceptors (Lipinski definition) is 2. The van der Waals surface area contributed by atoms with Gasteiger partial charge in [-0.05, 0) is 19.4 Å². The molecule has 1 aromatic heterocycles. The Morgan fingerprint density at radius 1 is 1.21 bits per heavy atom. The van der Waals surface area contributed by atoms with Crippen LogP contribution in [0.3, 0.4) is 0 Å². The maximum absolute atomic E-state index is 6.04. The molecular weight excluding hydrogens is 258 g/mol.